The molecule has 1 aromatic carbocycles. The number of rotatable bonds is 9. The van der Waals surface area contributed by atoms with Crippen molar-refractivity contribution in [1.29, 1.82) is 0 Å². The fourth-order valence-corrected chi connectivity index (χ4v) is 3.74. The van der Waals surface area contributed by atoms with Crippen molar-refractivity contribution in [2.45, 2.75) is 31.1 Å². The van der Waals surface area contributed by atoms with Gasteiger partial charge in [0.2, 0.25) is 5.91 Å². The number of nitro groups is 1. The Labute approximate surface area is 160 Å². The summed E-state index contributed by atoms with van der Waals surface area (Å²) in [4.78, 5) is 24.3. The number of nitro benzene ring substituents is 1. The number of nitrogens with one attached hydrogen (secondary N) is 1. The second-order valence-corrected chi connectivity index (χ2v) is 7.28. The van der Waals surface area contributed by atoms with Gasteiger partial charge in [0.05, 0.1) is 24.3 Å². The van der Waals surface area contributed by atoms with Gasteiger partial charge in [0.1, 0.15) is 0 Å². The van der Waals surface area contributed by atoms with Crippen molar-refractivity contribution in [1.82, 2.24) is 10.2 Å². The number of ether oxygens (including phenoxy) is 1. The Bertz CT molecular complexity index is 655. The first kappa shape index (κ1) is 21.4. The van der Waals surface area contributed by atoms with Gasteiger partial charge in [-0.3, -0.25) is 19.8 Å². The molecule has 150 valence electrons. The van der Waals surface area contributed by atoms with Crippen molar-refractivity contribution in [2.75, 3.05) is 32.5 Å². The molecule has 0 atom stereocenters. The number of carbonyl (C=O) groups is 1. The van der Waals surface area contributed by atoms with Crippen LogP contribution in [0.3, 0.4) is 0 Å². The molecule has 1 amide bonds. The average Bonchev–Trinajstić information content (AvgIpc) is 2.62. The smallest absolute Gasteiger partial charge is 0.311 e. The molecule has 0 aliphatic carbocycles. The Hall–Kier alpha value is -1.94. The summed E-state index contributed by atoms with van der Waals surface area (Å²) in [5, 5.41) is 14.0. The quantitative estimate of drug-likeness (QED) is 0.504. The number of likely N-dealkylation sites (tertiary alicyclic amines) is 1. The molecule has 7 nitrogen and oxygen atoms in total. The summed E-state index contributed by atoms with van der Waals surface area (Å²) in [6.45, 7) is 0.889. The summed E-state index contributed by atoms with van der Waals surface area (Å²) in [6, 6.07) is 4.73. The maximum atomic E-state index is 12.4. The summed E-state index contributed by atoms with van der Waals surface area (Å²) in [6.07, 6.45) is -1.01. The van der Waals surface area contributed by atoms with Gasteiger partial charge in [-0.2, -0.15) is 0 Å². The molecule has 1 aromatic rings. The van der Waals surface area contributed by atoms with E-state index in [1.165, 1.54) is 24.9 Å². The minimum Gasteiger partial charge on any atom is -0.490 e. The number of carbonyl (C=O) groups excluding carboxylic acids is 1. The Morgan fingerprint density at radius 3 is 2.74 bits per heavy atom. The number of nitrogens with zero attached hydrogens (tertiary/aromatic N) is 2. The summed E-state index contributed by atoms with van der Waals surface area (Å²) < 4.78 is 29.7. The second-order valence-electron chi connectivity index (χ2n) is 6.29. The van der Waals surface area contributed by atoms with Gasteiger partial charge < -0.3 is 10.1 Å². The van der Waals surface area contributed by atoms with Crippen LogP contribution in [0.2, 0.25) is 0 Å². The molecule has 0 spiro atoms. The summed E-state index contributed by atoms with van der Waals surface area (Å²) in [7, 11) is 1.37. The highest BCUT2D eigenvalue weighted by Crippen LogP contribution is 2.29. The maximum absolute atomic E-state index is 12.4. The summed E-state index contributed by atoms with van der Waals surface area (Å²) >= 11 is 1.36. The number of halogens is 2. The first-order valence-corrected chi connectivity index (χ1v) is 9.73. The Balaban J connectivity index is 1.72. The van der Waals surface area contributed by atoms with E-state index in [0.717, 1.165) is 5.56 Å². The number of methoxy groups -OCH3 is 1. The number of hydrogen-bond donors (Lipinski definition) is 1. The molecule has 1 N–H and O–H groups in total. The summed E-state index contributed by atoms with van der Waals surface area (Å²) in [5.41, 5.74) is 0.635. The number of piperidine rings is 1. The van der Waals surface area contributed by atoms with Gasteiger partial charge in [0, 0.05) is 31.0 Å². The predicted molar refractivity (Wildman–Crippen MR) is 99.4 cm³/mol. The van der Waals surface area contributed by atoms with Crippen LogP contribution < -0.4 is 10.1 Å². The van der Waals surface area contributed by atoms with Crippen molar-refractivity contribution in [3.05, 3.63) is 33.9 Å². The zero-order valence-electron chi connectivity index (χ0n) is 15.0. The van der Waals surface area contributed by atoms with E-state index in [4.69, 9.17) is 4.74 Å². The highest BCUT2D eigenvalue weighted by atomic mass is 32.2. The number of amides is 1. The first-order chi connectivity index (χ1) is 12.9. The van der Waals surface area contributed by atoms with E-state index in [1.807, 2.05) is 0 Å². The van der Waals surface area contributed by atoms with Crippen LogP contribution in [0.25, 0.3) is 0 Å². The van der Waals surface area contributed by atoms with E-state index < -0.39 is 11.3 Å². The molecule has 1 aliphatic heterocycles. The molecule has 1 fully saturated rings. The predicted octanol–water partition coefficient (Wildman–Crippen LogP) is 2.68. The van der Waals surface area contributed by atoms with E-state index in [9.17, 15) is 23.7 Å². The minimum atomic E-state index is -2.33. The minimum absolute atomic E-state index is 0.00842. The number of hydrogen-bond acceptors (Lipinski definition) is 6. The maximum Gasteiger partial charge on any atom is 0.311 e. The van der Waals surface area contributed by atoms with Crippen LogP contribution in [0.5, 0.6) is 5.75 Å². The van der Waals surface area contributed by atoms with Crippen molar-refractivity contribution < 1.29 is 23.2 Å². The molecule has 1 saturated heterocycles. The number of alkyl halides is 2. The van der Waals surface area contributed by atoms with Gasteiger partial charge in [-0.05, 0) is 24.5 Å². The van der Waals surface area contributed by atoms with Crippen molar-refractivity contribution in [3.8, 4) is 5.75 Å². The molecule has 0 saturated carbocycles. The zero-order chi connectivity index (χ0) is 19.8. The molecule has 1 heterocycles. The van der Waals surface area contributed by atoms with Gasteiger partial charge in [-0.1, -0.05) is 6.07 Å². The van der Waals surface area contributed by atoms with Gasteiger partial charge in [-0.25, -0.2) is 8.78 Å². The second kappa shape index (κ2) is 10.4. The molecule has 10 heteroatoms. The van der Waals surface area contributed by atoms with E-state index in [2.05, 4.69) is 5.32 Å². The molecular formula is C17H23F2N3O4S. The monoisotopic (exact) mass is 403 g/mol. The van der Waals surface area contributed by atoms with Gasteiger partial charge in [-0.15, -0.1) is 11.8 Å². The number of benzene rings is 1. The zero-order valence-corrected chi connectivity index (χ0v) is 15.8. The normalized spacial score (nSPS) is 15.7. The van der Waals surface area contributed by atoms with Crippen LogP contribution in [0.4, 0.5) is 14.5 Å². The Morgan fingerprint density at radius 2 is 2.15 bits per heavy atom. The first-order valence-electron chi connectivity index (χ1n) is 8.58. The molecule has 0 aromatic heterocycles. The fraction of sp³-hybridized carbons (Fsp3) is 0.588. The standard InChI is InChI=1S/C17H23F2N3O4S/c1-26-15-3-2-12(8-14(15)22(24)25)10-27-11-17(23)20-13-4-6-21(7-5-13)9-16(18)19/h2-3,8,13,16H,4-7,9-11H2,1H3,(H,20,23). The molecule has 27 heavy (non-hydrogen) atoms. The van der Waals surface area contributed by atoms with Crippen LogP contribution in [-0.2, 0) is 10.5 Å². The average molecular weight is 403 g/mol. The molecular weight excluding hydrogens is 380 g/mol. The van der Waals surface area contributed by atoms with E-state index >= 15 is 0 Å². The third-order valence-electron chi connectivity index (χ3n) is 4.29. The lowest BCUT2D eigenvalue weighted by Crippen LogP contribution is -2.46. The number of thioether (sulfide) groups is 1. The van der Waals surface area contributed by atoms with E-state index in [1.54, 1.807) is 17.0 Å². The molecule has 1 aliphatic rings. The van der Waals surface area contributed by atoms with Gasteiger partial charge in [0.25, 0.3) is 6.43 Å². The highest BCUT2D eigenvalue weighted by Gasteiger charge is 2.22. The van der Waals surface area contributed by atoms with Crippen molar-refractivity contribution in [3.63, 3.8) is 0 Å². The van der Waals surface area contributed by atoms with Crippen LogP contribution in [0.1, 0.15) is 18.4 Å². The van der Waals surface area contributed by atoms with Gasteiger partial charge in [0.15, 0.2) is 5.75 Å². The third kappa shape index (κ3) is 6.94. The van der Waals surface area contributed by atoms with E-state index in [-0.39, 0.29) is 35.7 Å². The van der Waals surface area contributed by atoms with Crippen molar-refractivity contribution >= 4 is 23.4 Å². The lowest BCUT2D eigenvalue weighted by atomic mass is 10.1. The fourth-order valence-electron chi connectivity index (χ4n) is 2.95. The molecule has 0 bridgehead atoms. The Morgan fingerprint density at radius 1 is 1.44 bits per heavy atom. The molecule has 0 unspecified atom stereocenters. The lowest BCUT2D eigenvalue weighted by molar-refractivity contribution is -0.385. The van der Waals surface area contributed by atoms with Gasteiger partial charge >= 0.3 is 5.69 Å². The lowest BCUT2D eigenvalue weighted by Gasteiger charge is -2.32. The topological polar surface area (TPSA) is 84.7 Å². The highest BCUT2D eigenvalue weighted by molar-refractivity contribution is 7.99. The van der Waals surface area contributed by atoms with Crippen LogP contribution in [0.15, 0.2) is 18.2 Å². The van der Waals surface area contributed by atoms with Crippen LogP contribution >= 0.6 is 11.8 Å². The van der Waals surface area contributed by atoms with Crippen LogP contribution in [-0.4, -0.2) is 60.7 Å². The van der Waals surface area contributed by atoms with Crippen molar-refractivity contribution in [2.24, 2.45) is 0 Å². The largest absolute Gasteiger partial charge is 0.490 e. The van der Waals surface area contributed by atoms with Crippen LogP contribution in [0, 0.1) is 10.1 Å². The van der Waals surface area contributed by atoms with E-state index in [0.29, 0.717) is 31.7 Å². The Kier molecular flexibility index (Phi) is 8.23. The molecule has 2 rings (SSSR count). The summed E-state index contributed by atoms with van der Waals surface area (Å²) in [5.74, 6) is 0.780. The SMILES string of the molecule is COc1ccc(CSCC(=O)NC2CCN(CC(F)F)CC2)cc1[N+](=O)[O-]. The third-order valence-corrected chi connectivity index (χ3v) is 5.29. The molecule has 0 radical (unpaired) electrons.